The molecule has 0 saturated carbocycles. The van der Waals surface area contributed by atoms with E-state index >= 15 is 0 Å². The Labute approximate surface area is 116 Å². The number of benzene rings is 1. The minimum Gasteiger partial charge on any atom is -0.358 e. The van der Waals surface area contributed by atoms with Crippen molar-refractivity contribution in [3.8, 4) is 0 Å². The van der Waals surface area contributed by atoms with Gasteiger partial charge in [-0.3, -0.25) is 4.67 Å². The fourth-order valence-corrected chi connectivity index (χ4v) is 5.21. The summed E-state index contributed by atoms with van der Waals surface area (Å²) < 4.78 is 2.33. The van der Waals surface area contributed by atoms with Crippen molar-refractivity contribution in [2.45, 2.75) is 25.7 Å². The number of anilines is 1. The average molecular weight is 275 g/mol. The standard InChI is InChI=1S/C15H22N3P/c1-17(2)15-16-14-12-8-6-5-7-11(12)9-10-13(14)19(15)18(3)4/h9-10H,5-8H2,1-4H3. The summed E-state index contributed by atoms with van der Waals surface area (Å²) in [4.78, 5) is 7.18. The Morgan fingerprint density at radius 1 is 1.05 bits per heavy atom. The second kappa shape index (κ2) is 4.81. The lowest BCUT2D eigenvalue weighted by atomic mass is 9.91. The molecule has 3 nitrogen and oxygen atoms in total. The van der Waals surface area contributed by atoms with E-state index in [4.69, 9.17) is 4.98 Å². The molecule has 1 heterocycles. The van der Waals surface area contributed by atoms with E-state index in [0.29, 0.717) is 0 Å². The van der Waals surface area contributed by atoms with Crippen LogP contribution in [0.3, 0.4) is 0 Å². The molecule has 19 heavy (non-hydrogen) atoms. The van der Waals surface area contributed by atoms with Gasteiger partial charge >= 0.3 is 0 Å². The Bertz CT molecular complexity index is 613. The van der Waals surface area contributed by atoms with Crippen molar-refractivity contribution in [3.05, 3.63) is 23.3 Å². The number of aryl methyl sites for hydroxylation is 2. The summed E-state index contributed by atoms with van der Waals surface area (Å²) in [6.07, 6.45) is 5.09. The molecule has 0 spiro atoms. The average Bonchev–Trinajstić information content (AvgIpc) is 2.78. The fourth-order valence-electron chi connectivity index (χ4n) is 3.03. The van der Waals surface area contributed by atoms with E-state index in [0.717, 1.165) is 0 Å². The van der Waals surface area contributed by atoms with Crippen molar-refractivity contribution in [1.82, 2.24) is 4.98 Å². The second-order valence-electron chi connectivity index (χ2n) is 5.74. The van der Waals surface area contributed by atoms with Crippen LogP contribution in [-0.2, 0) is 12.8 Å². The molecular formula is C15H22N3P. The molecule has 0 bridgehead atoms. The minimum atomic E-state index is -0.429. The van der Waals surface area contributed by atoms with Gasteiger partial charge in [-0.1, -0.05) is 6.07 Å². The quantitative estimate of drug-likeness (QED) is 0.837. The van der Waals surface area contributed by atoms with Gasteiger partial charge in [-0.05, 0) is 57.0 Å². The maximum Gasteiger partial charge on any atom is 0.163 e. The lowest BCUT2D eigenvalue weighted by Crippen LogP contribution is -2.12. The van der Waals surface area contributed by atoms with Gasteiger partial charge in [-0.2, -0.15) is 0 Å². The predicted octanol–water partition coefficient (Wildman–Crippen LogP) is 3.36. The smallest absolute Gasteiger partial charge is 0.163 e. The van der Waals surface area contributed by atoms with Crippen LogP contribution in [0.4, 0.5) is 5.55 Å². The van der Waals surface area contributed by atoms with Crippen LogP contribution in [0.25, 0.3) is 10.6 Å². The molecule has 1 aromatic carbocycles. The molecule has 1 aliphatic carbocycles. The zero-order valence-electron chi connectivity index (χ0n) is 12.3. The van der Waals surface area contributed by atoms with Crippen LogP contribution in [0.1, 0.15) is 24.0 Å². The highest BCUT2D eigenvalue weighted by molar-refractivity contribution is 7.60. The van der Waals surface area contributed by atoms with E-state index in [1.165, 1.54) is 53.0 Å². The summed E-state index contributed by atoms with van der Waals surface area (Å²) in [6, 6.07) is 4.67. The summed E-state index contributed by atoms with van der Waals surface area (Å²) in [5.41, 5.74) is 5.58. The van der Waals surface area contributed by atoms with Crippen molar-refractivity contribution in [2.75, 3.05) is 37.8 Å². The Hall–Kier alpha value is -1.05. The largest absolute Gasteiger partial charge is 0.358 e. The SMILES string of the molecule is CN(C)c1nc2c3c(ccc2p1N(C)C)CCCC3. The first-order chi connectivity index (χ1) is 9.09. The van der Waals surface area contributed by atoms with Gasteiger partial charge in [0.25, 0.3) is 0 Å². The van der Waals surface area contributed by atoms with Crippen LogP contribution in [0.5, 0.6) is 0 Å². The molecule has 4 heteroatoms. The van der Waals surface area contributed by atoms with Crippen LogP contribution in [0, 0.1) is 0 Å². The van der Waals surface area contributed by atoms with E-state index in [1.807, 2.05) is 0 Å². The Balaban J connectivity index is 2.31. The number of nitrogens with zero attached hydrogens (tertiary/aromatic N) is 3. The molecular weight excluding hydrogens is 253 g/mol. The third-order valence-electron chi connectivity index (χ3n) is 3.91. The Kier molecular flexibility index (Phi) is 3.28. The maximum atomic E-state index is 5.00. The molecule has 3 rings (SSSR count). The number of hydrogen-bond acceptors (Lipinski definition) is 3. The first kappa shape index (κ1) is 13.0. The van der Waals surface area contributed by atoms with Gasteiger partial charge < -0.3 is 4.90 Å². The highest BCUT2D eigenvalue weighted by Gasteiger charge is 2.21. The number of rotatable bonds is 2. The predicted molar refractivity (Wildman–Crippen MR) is 85.5 cm³/mol. The molecule has 2 aromatic rings. The van der Waals surface area contributed by atoms with E-state index in [9.17, 15) is 0 Å². The molecule has 0 radical (unpaired) electrons. The molecule has 0 amide bonds. The van der Waals surface area contributed by atoms with Crippen molar-refractivity contribution in [3.63, 3.8) is 0 Å². The van der Waals surface area contributed by atoms with E-state index < -0.39 is 7.68 Å². The first-order valence-corrected chi connectivity index (χ1v) is 8.27. The molecule has 1 aliphatic rings. The van der Waals surface area contributed by atoms with E-state index in [-0.39, 0.29) is 0 Å². The van der Waals surface area contributed by atoms with Gasteiger partial charge in [0.1, 0.15) is 0 Å². The Morgan fingerprint density at radius 2 is 1.79 bits per heavy atom. The summed E-state index contributed by atoms with van der Waals surface area (Å²) >= 11 is 0. The molecule has 0 fully saturated rings. The normalized spacial score (nSPS) is 15.9. The van der Waals surface area contributed by atoms with Crippen molar-refractivity contribution in [1.29, 1.82) is 0 Å². The zero-order valence-corrected chi connectivity index (χ0v) is 13.2. The highest BCUT2D eigenvalue weighted by atomic mass is 31.1. The molecule has 0 saturated heterocycles. The van der Waals surface area contributed by atoms with Gasteiger partial charge in [0.05, 0.1) is 5.52 Å². The molecule has 0 aliphatic heterocycles. The lowest BCUT2D eigenvalue weighted by Gasteiger charge is -2.18. The van der Waals surface area contributed by atoms with Crippen LogP contribution >= 0.6 is 7.68 Å². The fraction of sp³-hybridized carbons (Fsp3) is 0.533. The first-order valence-electron chi connectivity index (χ1n) is 6.97. The van der Waals surface area contributed by atoms with Crippen molar-refractivity contribution >= 4 is 23.9 Å². The second-order valence-corrected chi connectivity index (χ2v) is 8.05. The van der Waals surface area contributed by atoms with Crippen LogP contribution < -0.4 is 9.57 Å². The van der Waals surface area contributed by atoms with Crippen LogP contribution in [0.2, 0.25) is 0 Å². The van der Waals surface area contributed by atoms with Gasteiger partial charge in [0.15, 0.2) is 5.55 Å². The summed E-state index contributed by atoms with van der Waals surface area (Å²) in [5, 5.41) is 1.45. The molecule has 1 aromatic heterocycles. The van der Waals surface area contributed by atoms with Crippen LogP contribution in [0.15, 0.2) is 12.1 Å². The lowest BCUT2D eigenvalue weighted by molar-refractivity contribution is 0.689. The third kappa shape index (κ3) is 2.05. The maximum absolute atomic E-state index is 5.00. The molecule has 0 N–H and O–H groups in total. The van der Waals surface area contributed by atoms with Crippen LogP contribution in [-0.4, -0.2) is 33.2 Å². The van der Waals surface area contributed by atoms with Gasteiger partial charge in [-0.15, -0.1) is 0 Å². The molecule has 1 atom stereocenters. The number of hydrogen-bond donors (Lipinski definition) is 0. The third-order valence-corrected chi connectivity index (χ3v) is 6.41. The highest BCUT2D eigenvalue weighted by Crippen LogP contribution is 2.48. The molecule has 1 unspecified atom stereocenters. The van der Waals surface area contributed by atoms with Crippen molar-refractivity contribution in [2.24, 2.45) is 0 Å². The van der Waals surface area contributed by atoms with Gasteiger partial charge in [-0.25, -0.2) is 4.98 Å². The van der Waals surface area contributed by atoms with E-state index in [1.54, 1.807) is 0 Å². The number of aromatic nitrogens is 1. The van der Waals surface area contributed by atoms with E-state index in [2.05, 4.69) is 49.9 Å². The number of fused-ring (bicyclic) bond motifs is 3. The summed E-state index contributed by atoms with van der Waals surface area (Å²) in [7, 11) is 8.12. The van der Waals surface area contributed by atoms with Gasteiger partial charge in [0.2, 0.25) is 0 Å². The minimum absolute atomic E-state index is 0.429. The monoisotopic (exact) mass is 275 g/mol. The summed E-state index contributed by atoms with van der Waals surface area (Å²) in [5.74, 6) is 0. The van der Waals surface area contributed by atoms with Crippen molar-refractivity contribution < 1.29 is 0 Å². The van der Waals surface area contributed by atoms with Gasteiger partial charge in [0, 0.05) is 26.9 Å². The summed E-state index contributed by atoms with van der Waals surface area (Å²) in [6.45, 7) is 0. The Morgan fingerprint density at radius 3 is 2.47 bits per heavy atom. The zero-order chi connectivity index (χ0) is 13.6. The topological polar surface area (TPSA) is 19.4 Å². The molecule has 102 valence electrons.